The molecule has 104 valence electrons. The van der Waals surface area contributed by atoms with Crippen LogP contribution in [0.25, 0.3) is 0 Å². The maximum atomic E-state index is 11.4. The van der Waals surface area contributed by atoms with E-state index in [4.69, 9.17) is 0 Å². The van der Waals surface area contributed by atoms with Gasteiger partial charge in [-0.2, -0.15) is 0 Å². The molecule has 3 heteroatoms. The molecular weight excluding hydrogens is 236 g/mol. The minimum Gasteiger partial charge on any atom is -0.355 e. The zero-order valence-electron chi connectivity index (χ0n) is 11.9. The molecule has 0 aromatic heterocycles. The van der Waals surface area contributed by atoms with E-state index in [1.54, 1.807) is 7.05 Å². The van der Waals surface area contributed by atoms with Crippen molar-refractivity contribution in [2.75, 3.05) is 7.05 Å². The molecule has 3 nitrogen and oxygen atoms in total. The van der Waals surface area contributed by atoms with Gasteiger partial charge in [-0.25, -0.2) is 0 Å². The van der Waals surface area contributed by atoms with E-state index < -0.39 is 0 Å². The zero-order chi connectivity index (χ0) is 13.7. The largest absolute Gasteiger partial charge is 0.355 e. The maximum absolute atomic E-state index is 11.4. The van der Waals surface area contributed by atoms with Crippen molar-refractivity contribution in [3.63, 3.8) is 0 Å². The van der Waals surface area contributed by atoms with Crippen molar-refractivity contribution in [1.29, 1.82) is 0 Å². The third-order valence-electron chi connectivity index (χ3n) is 3.97. The van der Waals surface area contributed by atoms with Crippen LogP contribution in [0.1, 0.15) is 48.5 Å². The average Bonchev–Trinajstić information content (AvgIpc) is 2.45. The van der Waals surface area contributed by atoms with Gasteiger partial charge in [-0.3, -0.25) is 4.79 Å². The van der Waals surface area contributed by atoms with Crippen molar-refractivity contribution >= 4 is 5.91 Å². The number of carbonyl (C=O) groups excluding carboxylic acids is 1. The molecule has 19 heavy (non-hydrogen) atoms. The molecule has 0 aliphatic heterocycles. The maximum Gasteiger partial charge on any atom is 0.251 e. The van der Waals surface area contributed by atoms with Crippen molar-refractivity contribution in [2.45, 2.75) is 45.2 Å². The molecule has 1 aliphatic rings. The first-order valence-electron chi connectivity index (χ1n) is 7.23. The summed E-state index contributed by atoms with van der Waals surface area (Å²) in [6, 6.07) is 8.49. The molecule has 2 unspecified atom stereocenters. The molecule has 2 atom stereocenters. The molecule has 1 aromatic rings. The van der Waals surface area contributed by atoms with Crippen LogP contribution >= 0.6 is 0 Å². The smallest absolute Gasteiger partial charge is 0.251 e. The summed E-state index contributed by atoms with van der Waals surface area (Å²) >= 11 is 0. The summed E-state index contributed by atoms with van der Waals surface area (Å²) in [5.41, 5.74) is 1.96. The second-order valence-corrected chi connectivity index (χ2v) is 5.63. The Balaban J connectivity index is 1.84. The van der Waals surface area contributed by atoms with Gasteiger partial charge in [0.2, 0.25) is 0 Å². The van der Waals surface area contributed by atoms with E-state index in [1.807, 2.05) is 24.3 Å². The Bertz CT molecular complexity index is 413. The Morgan fingerprint density at radius 2 is 2.00 bits per heavy atom. The lowest BCUT2D eigenvalue weighted by atomic mass is 9.87. The molecule has 0 radical (unpaired) electrons. The highest BCUT2D eigenvalue weighted by molar-refractivity contribution is 5.93. The third kappa shape index (κ3) is 4.06. The van der Waals surface area contributed by atoms with E-state index in [9.17, 15) is 4.79 Å². The SMILES string of the molecule is CNC(=O)c1ccc(CNC2CCCC(C)C2)cc1. The number of hydrogen-bond donors (Lipinski definition) is 2. The lowest BCUT2D eigenvalue weighted by molar-refractivity contribution is 0.0963. The highest BCUT2D eigenvalue weighted by atomic mass is 16.1. The summed E-state index contributed by atoms with van der Waals surface area (Å²) in [5, 5.41) is 6.27. The van der Waals surface area contributed by atoms with Gasteiger partial charge in [0.25, 0.3) is 5.91 Å². The predicted octanol–water partition coefficient (Wildman–Crippen LogP) is 2.71. The van der Waals surface area contributed by atoms with Crippen molar-refractivity contribution in [3.8, 4) is 0 Å². The number of amides is 1. The molecule has 0 spiro atoms. The highest BCUT2D eigenvalue weighted by Crippen LogP contribution is 2.23. The molecule has 0 heterocycles. The van der Waals surface area contributed by atoms with E-state index in [2.05, 4.69) is 17.6 Å². The Labute approximate surface area is 115 Å². The van der Waals surface area contributed by atoms with Gasteiger partial charge in [0.1, 0.15) is 0 Å². The van der Waals surface area contributed by atoms with E-state index in [1.165, 1.54) is 31.2 Å². The summed E-state index contributed by atoms with van der Waals surface area (Å²) in [7, 11) is 1.65. The predicted molar refractivity (Wildman–Crippen MR) is 78.1 cm³/mol. The lowest BCUT2D eigenvalue weighted by Gasteiger charge is -2.27. The second kappa shape index (κ2) is 6.71. The fourth-order valence-electron chi connectivity index (χ4n) is 2.80. The van der Waals surface area contributed by atoms with Gasteiger partial charge in [-0.05, 0) is 36.5 Å². The average molecular weight is 260 g/mol. The molecule has 0 bridgehead atoms. The van der Waals surface area contributed by atoms with Crippen LogP contribution in [0, 0.1) is 5.92 Å². The summed E-state index contributed by atoms with van der Waals surface area (Å²) in [6.07, 6.45) is 5.30. The number of hydrogen-bond acceptors (Lipinski definition) is 2. The summed E-state index contributed by atoms with van der Waals surface area (Å²) < 4.78 is 0. The van der Waals surface area contributed by atoms with E-state index in [0.29, 0.717) is 6.04 Å². The van der Waals surface area contributed by atoms with Crippen molar-refractivity contribution in [1.82, 2.24) is 10.6 Å². The zero-order valence-corrected chi connectivity index (χ0v) is 11.9. The first-order chi connectivity index (χ1) is 9.19. The van der Waals surface area contributed by atoms with Crippen LogP contribution < -0.4 is 10.6 Å². The van der Waals surface area contributed by atoms with E-state index >= 15 is 0 Å². The van der Waals surface area contributed by atoms with Crippen LogP contribution in [0.3, 0.4) is 0 Å². The van der Waals surface area contributed by atoms with Crippen molar-refractivity contribution in [2.24, 2.45) is 5.92 Å². The molecule has 0 saturated heterocycles. The molecule has 1 saturated carbocycles. The Morgan fingerprint density at radius 3 is 2.63 bits per heavy atom. The Kier molecular flexibility index (Phi) is 4.97. The van der Waals surface area contributed by atoms with Gasteiger partial charge in [0.05, 0.1) is 0 Å². The van der Waals surface area contributed by atoms with Gasteiger partial charge < -0.3 is 10.6 Å². The number of rotatable bonds is 4. The van der Waals surface area contributed by atoms with Crippen LogP contribution in [0.2, 0.25) is 0 Å². The molecular formula is C16H24N2O. The van der Waals surface area contributed by atoms with Gasteiger partial charge in [0.15, 0.2) is 0 Å². The second-order valence-electron chi connectivity index (χ2n) is 5.63. The monoisotopic (exact) mass is 260 g/mol. The fourth-order valence-corrected chi connectivity index (χ4v) is 2.80. The third-order valence-corrected chi connectivity index (χ3v) is 3.97. The molecule has 1 aromatic carbocycles. The normalized spacial score (nSPS) is 23.1. The fraction of sp³-hybridized carbons (Fsp3) is 0.562. The summed E-state index contributed by atoms with van der Waals surface area (Å²) in [6.45, 7) is 3.23. The topological polar surface area (TPSA) is 41.1 Å². The van der Waals surface area contributed by atoms with Crippen LogP contribution in [0.5, 0.6) is 0 Å². The number of benzene rings is 1. The van der Waals surface area contributed by atoms with E-state index in [-0.39, 0.29) is 5.91 Å². The molecule has 1 aliphatic carbocycles. The van der Waals surface area contributed by atoms with Crippen LogP contribution in [-0.4, -0.2) is 19.0 Å². The number of carbonyl (C=O) groups is 1. The molecule has 1 amide bonds. The lowest BCUT2D eigenvalue weighted by Crippen LogP contribution is -2.33. The summed E-state index contributed by atoms with van der Waals surface area (Å²) in [4.78, 5) is 11.4. The standard InChI is InChI=1S/C16H24N2O/c1-12-4-3-5-15(10-12)18-11-13-6-8-14(9-7-13)16(19)17-2/h6-9,12,15,18H,3-5,10-11H2,1-2H3,(H,17,19). The van der Waals surface area contributed by atoms with Gasteiger partial charge >= 0.3 is 0 Å². The van der Waals surface area contributed by atoms with Gasteiger partial charge in [0, 0.05) is 25.2 Å². The molecule has 1 fully saturated rings. The summed E-state index contributed by atoms with van der Waals surface area (Å²) in [5.74, 6) is 0.822. The van der Waals surface area contributed by atoms with Gasteiger partial charge in [-0.15, -0.1) is 0 Å². The first kappa shape index (κ1) is 14.1. The van der Waals surface area contributed by atoms with Crippen LogP contribution in [0.4, 0.5) is 0 Å². The van der Waals surface area contributed by atoms with Crippen molar-refractivity contribution < 1.29 is 4.79 Å². The minimum absolute atomic E-state index is 0.0272. The van der Waals surface area contributed by atoms with Gasteiger partial charge in [-0.1, -0.05) is 31.9 Å². The Morgan fingerprint density at radius 1 is 1.26 bits per heavy atom. The van der Waals surface area contributed by atoms with Crippen molar-refractivity contribution in [3.05, 3.63) is 35.4 Å². The number of nitrogens with one attached hydrogen (secondary N) is 2. The first-order valence-corrected chi connectivity index (χ1v) is 7.23. The Hall–Kier alpha value is -1.35. The minimum atomic E-state index is -0.0272. The highest BCUT2D eigenvalue weighted by Gasteiger charge is 2.17. The quantitative estimate of drug-likeness (QED) is 0.874. The van der Waals surface area contributed by atoms with Crippen LogP contribution in [0.15, 0.2) is 24.3 Å². The molecule has 2 rings (SSSR count). The van der Waals surface area contributed by atoms with E-state index in [0.717, 1.165) is 18.0 Å². The van der Waals surface area contributed by atoms with Crippen LogP contribution in [-0.2, 0) is 6.54 Å². The molecule has 2 N–H and O–H groups in total.